The molecule has 0 bridgehead atoms. The van der Waals surface area contributed by atoms with Gasteiger partial charge in [0.05, 0.1) is 12.2 Å². The Morgan fingerprint density at radius 2 is 1.73 bits per heavy atom. The lowest BCUT2D eigenvalue weighted by atomic mass is 10.1. The summed E-state index contributed by atoms with van der Waals surface area (Å²) in [5.74, 6) is 0.832. The zero-order valence-electron chi connectivity index (χ0n) is 13.5. The highest BCUT2D eigenvalue weighted by molar-refractivity contribution is 5.29. The monoisotopic (exact) mass is 299 g/mol. The molecule has 0 unspecified atom stereocenters. The molecule has 3 heteroatoms. The molecule has 0 amide bonds. The van der Waals surface area contributed by atoms with Crippen molar-refractivity contribution in [3.8, 4) is 5.75 Å². The minimum absolute atomic E-state index is 0.159. The summed E-state index contributed by atoms with van der Waals surface area (Å²) in [6.45, 7) is 7.38. The molecule has 0 aliphatic carbocycles. The number of hydrogen-bond acceptors (Lipinski definition) is 3. The number of nitrogens with one attached hydrogen (secondary N) is 1. The maximum absolute atomic E-state index is 10.2. The summed E-state index contributed by atoms with van der Waals surface area (Å²) < 4.78 is 5.60. The molecular formula is C19H25NO2. The van der Waals surface area contributed by atoms with Crippen LogP contribution in [0, 0.1) is 6.92 Å². The Kier molecular flexibility index (Phi) is 5.99. The fourth-order valence-corrected chi connectivity index (χ4v) is 2.31. The summed E-state index contributed by atoms with van der Waals surface area (Å²) in [7, 11) is 0. The first-order valence-electron chi connectivity index (χ1n) is 7.76. The average Bonchev–Trinajstić information content (AvgIpc) is 2.49. The van der Waals surface area contributed by atoms with Crippen molar-refractivity contribution in [1.82, 2.24) is 5.32 Å². The molecule has 0 saturated carbocycles. The van der Waals surface area contributed by atoms with E-state index in [4.69, 9.17) is 4.74 Å². The van der Waals surface area contributed by atoms with Crippen LogP contribution in [0.15, 0.2) is 48.5 Å². The van der Waals surface area contributed by atoms with Gasteiger partial charge >= 0.3 is 0 Å². The van der Waals surface area contributed by atoms with Crippen LogP contribution in [0.4, 0.5) is 0 Å². The molecule has 0 saturated heterocycles. The number of benzene rings is 2. The van der Waals surface area contributed by atoms with Crippen LogP contribution in [0.5, 0.6) is 5.75 Å². The van der Waals surface area contributed by atoms with Crippen LogP contribution in [0.1, 0.15) is 36.6 Å². The maximum Gasteiger partial charge on any atom is 0.119 e. The van der Waals surface area contributed by atoms with E-state index >= 15 is 0 Å². The van der Waals surface area contributed by atoms with Crippen molar-refractivity contribution in [2.24, 2.45) is 0 Å². The minimum Gasteiger partial charge on any atom is -0.491 e. The molecule has 2 rings (SSSR count). The van der Waals surface area contributed by atoms with E-state index in [9.17, 15) is 5.11 Å². The Bertz CT molecular complexity index is 578. The molecule has 3 nitrogen and oxygen atoms in total. The SMILES string of the molecule is Cc1ccccc1CNC[C@H](O)c1ccc(OC(C)C)cc1. The van der Waals surface area contributed by atoms with Gasteiger partial charge in [0.15, 0.2) is 0 Å². The number of aliphatic hydroxyl groups is 1. The van der Waals surface area contributed by atoms with E-state index in [1.54, 1.807) is 0 Å². The van der Waals surface area contributed by atoms with E-state index in [0.717, 1.165) is 17.9 Å². The Morgan fingerprint density at radius 1 is 1.05 bits per heavy atom. The van der Waals surface area contributed by atoms with Gasteiger partial charge in [-0.05, 0) is 49.6 Å². The van der Waals surface area contributed by atoms with Crippen LogP contribution >= 0.6 is 0 Å². The average molecular weight is 299 g/mol. The molecule has 0 spiro atoms. The molecule has 2 aromatic rings. The highest BCUT2D eigenvalue weighted by Gasteiger charge is 2.08. The predicted octanol–water partition coefficient (Wildman–Crippen LogP) is 3.61. The van der Waals surface area contributed by atoms with Crippen LogP contribution < -0.4 is 10.1 Å². The first-order chi connectivity index (χ1) is 10.6. The summed E-state index contributed by atoms with van der Waals surface area (Å²) in [4.78, 5) is 0. The third kappa shape index (κ3) is 4.86. The van der Waals surface area contributed by atoms with E-state index in [1.165, 1.54) is 11.1 Å². The molecule has 0 aliphatic heterocycles. The summed E-state index contributed by atoms with van der Waals surface area (Å²) in [5, 5.41) is 13.5. The fourth-order valence-electron chi connectivity index (χ4n) is 2.31. The molecule has 0 aliphatic rings. The Labute approximate surface area is 133 Å². The Balaban J connectivity index is 1.84. The standard InChI is InChI=1S/C19H25NO2/c1-14(2)22-18-10-8-16(9-11-18)19(21)13-20-12-17-7-5-4-6-15(17)3/h4-11,14,19-21H,12-13H2,1-3H3/t19-/m0/s1. The number of rotatable bonds is 7. The second-order valence-corrected chi connectivity index (χ2v) is 5.81. The van der Waals surface area contributed by atoms with E-state index < -0.39 is 6.10 Å². The normalized spacial score (nSPS) is 12.4. The smallest absolute Gasteiger partial charge is 0.119 e. The molecule has 2 aromatic carbocycles. The van der Waals surface area contributed by atoms with Crippen molar-refractivity contribution in [2.75, 3.05) is 6.54 Å². The van der Waals surface area contributed by atoms with Gasteiger partial charge < -0.3 is 15.2 Å². The largest absolute Gasteiger partial charge is 0.491 e. The third-order valence-electron chi connectivity index (χ3n) is 3.55. The number of aryl methyl sites for hydroxylation is 1. The third-order valence-corrected chi connectivity index (χ3v) is 3.55. The van der Waals surface area contributed by atoms with Gasteiger partial charge in [0.2, 0.25) is 0 Å². The van der Waals surface area contributed by atoms with Crippen LogP contribution in [-0.4, -0.2) is 17.8 Å². The van der Waals surface area contributed by atoms with Gasteiger partial charge in [-0.1, -0.05) is 36.4 Å². The van der Waals surface area contributed by atoms with Gasteiger partial charge in [-0.15, -0.1) is 0 Å². The second-order valence-electron chi connectivity index (χ2n) is 5.81. The second kappa shape index (κ2) is 7.97. The number of hydrogen-bond donors (Lipinski definition) is 2. The summed E-state index contributed by atoms with van der Waals surface area (Å²) >= 11 is 0. The van der Waals surface area contributed by atoms with Crippen LogP contribution in [0.25, 0.3) is 0 Å². The van der Waals surface area contributed by atoms with Crippen LogP contribution in [-0.2, 0) is 6.54 Å². The summed E-state index contributed by atoms with van der Waals surface area (Å²) in [5.41, 5.74) is 3.42. The highest BCUT2D eigenvalue weighted by Crippen LogP contribution is 2.18. The Hall–Kier alpha value is -1.84. The van der Waals surface area contributed by atoms with E-state index in [1.807, 2.05) is 50.2 Å². The predicted molar refractivity (Wildman–Crippen MR) is 90.1 cm³/mol. The molecule has 0 heterocycles. The van der Waals surface area contributed by atoms with Crippen molar-refractivity contribution < 1.29 is 9.84 Å². The molecular weight excluding hydrogens is 274 g/mol. The van der Waals surface area contributed by atoms with Crippen molar-refractivity contribution in [3.05, 3.63) is 65.2 Å². The minimum atomic E-state index is -0.517. The van der Waals surface area contributed by atoms with Gasteiger partial charge in [0, 0.05) is 13.1 Å². The lowest BCUT2D eigenvalue weighted by Gasteiger charge is -2.14. The van der Waals surface area contributed by atoms with Gasteiger partial charge in [-0.2, -0.15) is 0 Å². The fraction of sp³-hybridized carbons (Fsp3) is 0.368. The molecule has 118 valence electrons. The molecule has 0 radical (unpaired) electrons. The zero-order valence-corrected chi connectivity index (χ0v) is 13.5. The van der Waals surface area contributed by atoms with E-state index in [-0.39, 0.29) is 6.10 Å². The van der Waals surface area contributed by atoms with Crippen molar-refractivity contribution in [1.29, 1.82) is 0 Å². The number of ether oxygens (including phenoxy) is 1. The molecule has 0 fully saturated rings. The van der Waals surface area contributed by atoms with E-state index in [2.05, 4.69) is 24.4 Å². The van der Waals surface area contributed by atoms with Gasteiger partial charge in [0.1, 0.15) is 5.75 Å². The van der Waals surface area contributed by atoms with Crippen molar-refractivity contribution >= 4 is 0 Å². The quantitative estimate of drug-likeness (QED) is 0.820. The lowest BCUT2D eigenvalue weighted by molar-refractivity contribution is 0.174. The summed E-state index contributed by atoms with van der Waals surface area (Å²) in [6.07, 6.45) is -0.358. The molecule has 0 aromatic heterocycles. The van der Waals surface area contributed by atoms with Gasteiger partial charge in [-0.25, -0.2) is 0 Å². The highest BCUT2D eigenvalue weighted by atomic mass is 16.5. The van der Waals surface area contributed by atoms with Crippen molar-refractivity contribution in [3.63, 3.8) is 0 Å². The number of aliphatic hydroxyl groups excluding tert-OH is 1. The van der Waals surface area contributed by atoms with Crippen LogP contribution in [0.3, 0.4) is 0 Å². The maximum atomic E-state index is 10.2. The molecule has 1 atom stereocenters. The first-order valence-corrected chi connectivity index (χ1v) is 7.76. The summed E-state index contributed by atoms with van der Waals surface area (Å²) in [6, 6.07) is 15.9. The van der Waals surface area contributed by atoms with Gasteiger partial charge in [0.25, 0.3) is 0 Å². The van der Waals surface area contributed by atoms with E-state index in [0.29, 0.717) is 6.54 Å². The molecule has 22 heavy (non-hydrogen) atoms. The lowest BCUT2D eigenvalue weighted by Crippen LogP contribution is -2.21. The topological polar surface area (TPSA) is 41.5 Å². The van der Waals surface area contributed by atoms with Crippen molar-refractivity contribution in [2.45, 2.75) is 39.5 Å². The molecule has 2 N–H and O–H groups in total. The zero-order chi connectivity index (χ0) is 15.9. The first kappa shape index (κ1) is 16.5. The van der Waals surface area contributed by atoms with Crippen LogP contribution in [0.2, 0.25) is 0 Å². The Morgan fingerprint density at radius 3 is 2.36 bits per heavy atom. The van der Waals surface area contributed by atoms with Gasteiger partial charge in [-0.3, -0.25) is 0 Å².